The van der Waals surface area contributed by atoms with Crippen LogP contribution in [0.1, 0.15) is 44.6 Å². The first kappa shape index (κ1) is 12.0. The molecule has 0 saturated heterocycles. The van der Waals surface area contributed by atoms with Crippen LogP contribution in [0.25, 0.3) is 0 Å². The standard InChI is InChI=1S/C15H22/c1-4-6-10-14(5-2)13(3)15-11-8-7-9-12-15/h5,7-9,11-14H,2,4,6,10H2,1,3H3/t13-,14+/m1/s1. The lowest BCUT2D eigenvalue weighted by Gasteiger charge is -2.20. The van der Waals surface area contributed by atoms with Crippen LogP contribution in [0.3, 0.4) is 0 Å². The third kappa shape index (κ3) is 3.54. The highest BCUT2D eigenvalue weighted by Gasteiger charge is 2.14. The van der Waals surface area contributed by atoms with Gasteiger partial charge in [-0.05, 0) is 23.8 Å². The minimum atomic E-state index is 0.593. The average Bonchev–Trinajstić information content (AvgIpc) is 2.31. The van der Waals surface area contributed by atoms with Crippen molar-refractivity contribution in [3.8, 4) is 0 Å². The first-order valence-electron chi connectivity index (χ1n) is 5.97. The zero-order valence-electron chi connectivity index (χ0n) is 9.95. The SMILES string of the molecule is C=C[C@@H](CCCC)[C@@H](C)c1ccccc1. The van der Waals surface area contributed by atoms with Gasteiger partial charge in [0.2, 0.25) is 0 Å². The molecule has 0 saturated carbocycles. The highest BCUT2D eigenvalue weighted by Crippen LogP contribution is 2.28. The van der Waals surface area contributed by atoms with Gasteiger partial charge >= 0.3 is 0 Å². The second-order valence-corrected chi connectivity index (χ2v) is 4.24. The van der Waals surface area contributed by atoms with Crippen LogP contribution in [0.2, 0.25) is 0 Å². The van der Waals surface area contributed by atoms with Crippen LogP contribution < -0.4 is 0 Å². The van der Waals surface area contributed by atoms with Gasteiger partial charge in [0.1, 0.15) is 0 Å². The maximum Gasteiger partial charge on any atom is -0.0128 e. The van der Waals surface area contributed by atoms with Crippen molar-refractivity contribution in [2.45, 2.75) is 39.0 Å². The molecule has 0 amide bonds. The maximum atomic E-state index is 3.96. The first-order chi connectivity index (χ1) is 7.29. The van der Waals surface area contributed by atoms with E-state index in [4.69, 9.17) is 0 Å². The summed E-state index contributed by atoms with van der Waals surface area (Å²) in [6, 6.07) is 10.7. The highest BCUT2D eigenvalue weighted by atomic mass is 14.2. The molecular weight excluding hydrogens is 180 g/mol. The summed E-state index contributed by atoms with van der Waals surface area (Å²) in [6.07, 6.45) is 5.95. The van der Waals surface area contributed by atoms with E-state index in [1.54, 1.807) is 0 Å². The van der Waals surface area contributed by atoms with Gasteiger partial charge < -0.3 is 0 Å². The predicted octanol–water partition coefficient (Wildman–Crippen LogP) is 4.78. The van der Waals surface area contributed by atoms with E-state index in [9.17, 15) is 0 Å². The van der Waals surface area contributed by atoms with E-state index in [0.717, 1.165) is 0 Å². The van der Waals surface area contributed by atoms with Crippen LogP contribution in [0.4, 0.5) is 0 Å². The van der Waals surface area contributed by atoms with Crippen LogP contribution in [0.15, 0.2) is 43.0 Å². The molecule has 1 aromatic rings. The number of benzene rings is 1. The normalized spacial score (nSPS) is 14.5. The molecule has 0 bridgehead atoms. The smallest absolute Gasteiger partial charge is 0.0128 e. The minimum absolute atomic E-state index is 0.593. The van der Waals surface area contributed by atoms with Gasteiger partial charge in [0.15, 0.2) is 0 Å². The van der Waals surface area contributed by atoms with Crippen molar-refractivity contribution in [1.82, 2.24) is 0 Å². The van der Waals surface area contributed by atoms with Crippen LogP contribution in [0, 0.1) is 5.92 Å². The van der Waals surface area contributed by atoms with Crippen molar-refractivity contribution in [2.75, 3.05) is 0 Å². The summed E-state index contributed by atoms with van der Waals surface area (Å²) in [7, 11) is 0. The Morgan fingerprint density at radius 2 is 1.93 bits per heavy atom. The largest absolute Gasteiger partial charge is 0.103 e. The van der Waals surface area contributed by atoms with E-state index in [1.807, 2.05) is 0 Å². The number of hydrogen-bond acceptors (Lipinski definition) is 0. The third-order valence-electron chi connectivity index (χ3n) is 3.16. The van der Waals surface area contributed by atoms with Crippen molar-refractivity contribution >= 4 is 0 Å². The van der Waals surface area contributed by atoms with E-state index in [2.05, 4.69) is 56.8 Å². The molecule has 0 aliphatic rings. The van der Waals surface area contributed by atoms with Gasteiger partial charge in [0, 0.05) is 0 Å². The lowest BCUT2D eigenvalue weighted by Crippen LogP contribution is -2.07. The number of unbranched alkanes of at least 4 members (excludes halogenated alkanes) is 1. The Balaban J connectivity index is 2.64. The Hall–Kier alpha value is -1.04. The Morgan fingerprint density at radius 3 is 2.47 bits per heavy atom. The van der Waals surface area contributed by atoms with Gasteiger partial charge in [0.25, 0.3) is 0 Å². The van der Waals surface area contributed by atoms with Gasteiger partial charge in [0.05, 0.1) is 0 Å². The third-order valence-corrected chi connectivity index (χ3v) is 3.16. The van der Waals surface area contributed by atoms with E-state index >= 15 is 0 Å². The van der Waals surface area contributed by atoms with Gasteiger partial charge in [-0.1, -0.05) is 63.1 Å². The number of allylic oxidation sites excluding steroid dienone is 1. The zero-order chi connectivity index (χ0) is 11.1. The Bertz CT molecular complexity index is 273. The van der Waals surface area contributed by atoms with E-state index in [0.29, 0.717) is 11.8 Å². The molecule has 1 aromatic carbocycles. The lowest BCUT2D eigenvalue weighted by atomic mass is 9.84. The fraction of sp³-hybridized carbons (Fsp3) is 0.467. The first-order valence-corrected chi connectivity index (χ1v) is 5.97. The molecule has 0 unspecified atom stereocenters. The topological polar surface area (TPSA) is 0 Å². The molecule has 0 aliphatic heterocycles. The summed E-state index contributed by atoms with van der Waals surface area (Å²) in [6.45, 7) is 8.51. The molecule has 0 radical (unpaired) electrons. The Kier molecular flexibility index (Phi) is 5.17. The van der Waals surface area contributed by atoms with E-state index < -0.39 is 0 Å². The van der Waals surface area contributed by atoms with E-state index in [-0.39, 0.29) is 0 Å². The molecule has 1 rings (SSSR count). The zero-order valence-corrected chi connectivity index (χ0v) is 9.95. The average molecular weight is 202 g/mol. The fourth-order valence-corrected chi connectivity index (χ4v) is 2.02. The quantitative estimate of drug-likeness (QED) is 0.582. The molecule has 15 heavy (non-hydrogen) atoms. The van der Waals surface area contributed by atoms with Crippen molar-refractivity contribution < 1.29 is 0 Å². The van der Waals surface area contributed by atoms with Gasteiger partial charge in [-0.15, -0.1) is 6.58 Å². The minimum Gasteiger partial charge on any atom is -0.103 e. The van der Waals surface area contributed by atoms with Crippen LogP contribution in [-0.4, -0.2) is 0 Å². The fourth-order valence-electron chi connectivity index (χ4n) is 2.02. The molecule has 0 N–H and O–H groups in total. The lowest BCUT2D eigenvalue weighted by molar-refractivity contribution is 0.482. The molecule has 0 aromatic heterocycles. The maximum absolute atomic E-state index is 3.96. The number of hydrogen-bond donors (Lipinski definition) is 0. The van der Waals surface area contributed by atoms with Crippen LogP contribution in [-0.2, 0) is 0 Å². The Labute approximate surface area is 94.0 Å². The molecule has 0 aliphatic carbocycles. The van der Waals surface area contributed by atoms with Gasteiger partial charge in [-0.3, -0.25) is 0 Å². The summed E-state index contributed by atoms with van der Waals surface area (Å²) in [5.74, 6) is 1.21. The van der Waals surface area contributed by atoms with Crippen molar-refractivity contribution in [3.63, 3.8) is 0 Å². The predicted molar refractivity (Wildman–Crippen MR) is 68.1 cm³/mol. The molecule has 0 nitrogen and oxygen atoms in total. The van der Waals surface area contributed by atoms with Crippen LogP contribution in [0.5, 0.6) is 0 Å². The summed E-state index contributed by atoms with van der Waals surface area (Å²) in [5.41, 5.74) is 1.43. The Morgan fingerprint density at radius 1 is 1.27 bits per heavy atom. The van der Waals surface area contributed by atoms with E-state index in [1.165, 1.54) is 24.8 Å². The molecule has 2 atom stereocenters. The molecule has 0 fully saturated rings. The molecule has 0 spiro atoms. The second kappa shape index (κ2) is 6.44. The molecule has 0 heterocycles. The molecule has 82 valence electrons. The van der Waals surface area contributed by atoms with Crippen molar-refractivity contribution in [3.05, 3.63) is 48.6 Å². The molecular formula is C15H22. The summed E-state index contributed by atoms with van der Waals surface area (Å²) in [4.78, 5) is 0. The van der Waals surface area contributed by atoms with Crippen molar-refractivity contribution in [1.29, 1.82) is 0 Å². The second-order valence-electron chi connectivity index (χ2n) is 4.24. The highest BCUT2D eigenvalue weighted by molar-refractivity contribution is 5.20. The summed E-state index contributed by atoms with van der Waals surface area (Å²) >= 11 is 0. The van der Waals surface area contributed by atoms with Gasteiger partial charge in [-0.25, -0.2) is 0 Å². The summed E-state index contributed by atoms with van der Waals surface area (Å²) in [5, 5.41) is 0. The monoisotopic (exact) mass is 202 g/mol. The van der Waals surface area contributed by atoms with Crippen molar-refractivity contribution in [2.24, 2.45) is 5.92 Å². The number of rotatable bonds is 6. The summed E-state index contributed by atoms with van der Waals surface area (Å²) < 4.78 is 0. The molecule has 0 heteroatoms. The van der Waals surface area contributed by atoms with Crippen LogP contribution >= 0.6 is 0 Å². The van der Waals surface area contributed by atoms with Gasteiger partial charge in [-0.2, -0.15) is 0 Å².